The summed E-state index contributed by atoms with van der Waals surface area (Å²) in [5, 5.41) is 48.9. The molecule has 0 saturated heterocycles. The molecule has 14 nitrogen and oxygen atoms in total. The van der Waals surface area contributed by atoms with Crippen LogP contribution in [0.25, 0.3) is 0 Å². The van der Waals surface area contributed by atoms with Gasteiger partial charge in [-0.05, 0) is 185 Å². The van der Waals surface area contributed by atoms with Gasteiger partial charge in [0, 0.05) is 14.9 Å². The number of fused-ring (bicyclic) bond motifs is 1. The maximum absolute atomic E-state index is 15.6. The van der Waals surface area contributed by atoms with Gasteiger partial charge in [-0.15, -0.1) is 0 Å². The molecule has 8 rings (SSSR count). The Morgan fingerprint density at radius 2 is 1.44 bits per heavy atom. The number of alkyl halides is 4. The van der Waals surface area contributed by atoms with E-state index in [0.717, 1.165) is 30.4 Å². The number of carbonyl (C=O) groups excluding carboxylic acids is 3. The van der Waals surface area contributed by atoms with Gasteiger partial charge in [-0.25, -0.2) is 19.2 Å². The smallest absolute Gasteiger partial charge is 0.385 e. The number of halogens is 7. The van der Waals surface area contributed by atoms with Crippen LogP contribution in [-0.4, -0.2) is 86.5 Å². The maximum Gasteiger partial charge on any atom is 0.385 e. The van der Waals surface area contributed by atoms with E-state index in [1.54, 1.807) is 22.6 Å². The second-order valence-electron chi connectivity index (χ2n) is 16.9. The van der Waals surface area contributed by atoms with Crippen molar-refractivity contribution in [2.45, 2.75) is 93.7 Å². The molecule has 0 spiro atoms. The minimum absolute atomic E-state index is 0.0890. The van der Waals surface area contributed by atoms with Gasteiger partial charge < -0.3 is 44.2 Å². The highest BCUT2D eigenvalue weighted by molar-refractivity contribution is 14.1. The summed E-state index contributed by atoms with van der Waals surface area (Å²) in [5.41, 5.74) is -1.14. The number of phenols is 1. The largest absolute Gasteiger partial charge is 0.506 e. The molecule has 5 N–H and O–H groups in total. The highest BCUT2D eigenvalue weighted by atomic mass is 127. The fraction of sp³-hybridized carbons (Fsp3) is 0.500. The van der Waals surface area contributed by atoms with Crippen molar-refractivity contribution in [3.63, 3.8) is 0 Å². The SMILES string of the molecule is O=C(OC(c1cc(C23CC4CC(CC(C(=O)Oc5c(I)cc(I)cc5C(=O)OC(C(CO)CO)C(F)(F)C(=O)O)(C4)C2)C3)co1)C(F)(F)C(=O)O)c1cc2c(c(I)c1O)CCCC2. The van der Waals surface area contributed by atoms with E-state index in [1.807, 2.05) is 45.2 Å². The Labute approximate surface area is 396 Å². The van der Waals surface area contributed by atoms with Crippen LogP contribution in [0.2, 0.25) is 0 Å². The molecule has 1 aromatic heterocycles. The molecule has 5 aliphatic rings. The molecule has 63 heavy (non-hydrogen) atoms. The Bertz CT molecular complexity index is 2350. The number of carboxylic acid groups (broad SMARTS) is 2. The first-order chi connectivity index (χ1) is 29.6. The number of aliphatic carboxylic acids is 2. The molecule has 340 valence electrons. The fourth-order valence-electron chi connectivity index (χ4n) is 10.2. The Morgan fingerprint density at radius 1 is 0.825 bits per heavy atom. The number of furan rings is 1. The molecule has 21 heteroatoms. The van der Waals surface area contributed by atoms with Gasteiger partial charge >= 0.3 is 41.7 Å². The number of hydrogen-bond donors (Lipinski definition) is 5. The third-order valence-electron chi connectivity index (χ3n) is 12.8. The van der Waals surface area contributed by atoms with Gasteiger partial charge in [0.2, 0.25) is 6.10 Å². The summed E-state index contributed by atoms with van der Waals surface area (Å²) < 4.78 is 83.5. The Hall–Kier alpha value is -3.30. The number of carbonyl (C=O) groups is 5. The number of rotatable bonds is 15. The molecule has 0 aliphatic heterocycles. The molecule has 0 radical (unpaired) electrons. The molecule has 4 unspecified atom stereocenters. The molecule has 2 aromatic carbocycles. The second-order valence-corrected chi connectivity index (χ2v) is 20.4. The van der Waals surface area contributed by atoms with Crippen LogP contribution in [0, 0.1) is 33.9 Å². The van der Waals surface area contributed by atoms with E-state index in [4.69, 9.17) is 18.6 Å². The zero-order chi connectivity index (χ0) is 46.0. The van der Waals surface area contributed by atoms with Crippen LogP contribution in [0.15, 0.2) is 34.9 Å². The van der Waals surface area contributed by atoms with Crippen molar-refractivity contribution in [1.82, 2.24) is 0 Å². The first kappa shape index (κ1) is 47.7. The van der Waals surface area contributed by atoms with Gasteiger partial charge in [-0.1, -0.05) is 0 Å². The number of carboxylic acids is 2. The van der Waals surface area contributed by atoms with Gasteiger partial charge in [-0.2, -0.15) is 17.6 Å². The number of benzene rings is 2. The highest BCUT2D eigenvalue weighted by Crippen LogP contribution is 2.66. The number of hydrogen-bond acceptors (Lipinski definition) is 12. The average molecular weight is 1220 g/mol. The average Bonchev–Trinajstić information content (AvgIpc) is 3.72. The Balaban J connectivity index is 1.18. The molecule has 3 aromatic rings. The van der Waals surface area contributed by atoms with Crippen molar-refractivity contribution >= 4 is 97.6 Å². The van der Waals surface area contributed by atoms with Crippen LogP contribution < -0.4 is 4.74 Å². The summed E-state index contributed by atoms with van der Waals surface area (Å²) in [5.74, 6) is -22.0. The second kappa shape index (κ2) is 17.8. The number of aromatic hydroxyl groups is 1. The quantitative estimate of drug-likeness (QED) is 0.0428. The van der Waals surface area contributed by atoms with Crippen LogP contribution in [0.4, 0.5) is 17.6 Å². The molecule has 0 amide bonds. The monoisotopic (exact) mass is 1220 g/mol. The van der Waals surface area contributed by atoms with E-state index in [0.29, 0.717) is 51.2 Å². The zero-order valence-electron chi connectivity index (χ0n) is 32.8. The predicted octanol–water partition coefficient (Wildman–Crippen LogP) is 7.59. The van der Waals surface area contributed by atoms with Crippen molar-refractivity contribution < 1.29 is 85.7 Å². The summed E-state index contributed by atoms with van der Waals surface area (Å²) >= 11 is 5.45. The van der Waals surface area contributed by atoms with Crippen molar-refractivity contribution in [2.75, 3.05) is 13.2 Å². The van der Waals surface area contributed by atoms with E-state index in [2.05, 4.69) is 0 Å². The summed E-state index contributed by atoms with van der Waals surface area (Å²) in [6.07, 6.45) is 0.902. The molecule has 4 saturated carbocycles. The van der Waals surface area contributed by atoms with E-state index < -0.39 is 106 Å². The number of aliphatic hydroxyl groups excluding tert-OH is 2. The lowest BCUT2D eigenvalue weighted by Crippen LogP contribution is -2.57. The number of ether oxygens (including phenoxy) is 3. The molecule has 1 heterocycles. The van der Waals surface area contributed by atoms with Crippen LogP contribution >= 0.6 is 67.8 Å². The van der Waals surface area contributed by atoms with Crippen LogP contribution in [0.1, 0.15) is 101 Å². The Kier molecular flexibility index (Phi) is 13.5. The van der Waals surface area contributed by atoms with Gasteiger partial charge in [0.25, 0.3) is 0 Å². The lowest BCUT2D eigenvalue weighted by atomic mass is 9.43. The minimum Gasteiger partial charge on any atom is -0.506 e. The van der Waals surface area contributed by atoms with Crippen LogP contribution in [-0.2, 0) is 42.1 Å². The number of aryl methyl sites for hydroxylation is 1. The minimum atomic E-state index is -4.74. The lowest BCUT2D eigenvalue weighted by Gasteiger charge is -2.60. The molecular formula is C42H39F4I3O14. The van der Waals surface area contributed by atoms with Gasteiger partial charge in [0.05, 0.1) is 32.0 Å². The highest BCUT2D eigenvalue weighted by Gasteiger charge is 2.63. The first-order valence-corrected chi connectivity index (χ1v) is 23.0. The van der Waals surface area contributed by atoms with Gasteiger partial charge in [0.1, 0.15) is 16.9 Å². The number of phenolic OH excluding ortho intramolecular Hbond substituents is 1. The summed E-state index contributed by atoms with van der Waals surface area (Å²) in [7, 11) is 0. The van der Waals surface area contributed by atoms with Gasteiger partial charge in [0.15, 0.2) is 17.6 Å². The normalized spacial score (nSPS) is 23.8. The molecule has 4 bridgehead atoms. The number of esters is 3. The standard InChI is InChI=1S/C42H39F4I3O14/c43-41(44,36(55)56)32(21(14-50)15-51)62-35(54)26-8-23(47)9-27(48)31(26)61-38(59)40-12-18-5-19(13-40)11-39(10-18,17-40)22-7-28(60-16-22)33(42(45,46)37(57)58)63-34(53)25-6-20-3-1-2-4-24(20)29(49)30(25)52/h6-9,16,18-19,21,32-33,50-52H,1-5,10-15,17H2,(H,55,56)(H,57,58). The number of aliphatic hydroxyl groups is 2. The summed E-state index contributed by atoms with van der Waals surface area (Å²) in [6.45, 7) is -2.33. The first-order valence-electron chi connectivity index (χ1n) is 19.8. The Morgan fingerprint density at radius 3 is 2.06 bits per heavy atom. The molecule has 4 atom stereocenters. The zero-order valence-corrected chi connectivity index (χ0v) is 39.3. The van der Waals surface area contributed by atoms with Crippen molar-refractivity contribution in [2.24, 2.45) is 23.2 Å². The predicted molar refractivity (Wildman–Crippen MR) is 233 cm³/mol. The lowest BCUT2D eigenvalue weighted by molar-refractivity contribution is -0.191. The summed E-state index contributed by atoms with van der Waals surface area (Å²) in [6, 6.07) is 5.26. The third-order valence-corrected chi connectivity index (χ3v) is 15.4. The van der Waals surface area contributed by atoms with Crippen molar-refractivity contribution in [3.8, 4) is 11.5 Å². The van der Waals surface area contributed by atoms with Crippen LogP contribution in [0.5, 0.6) is 11.5 Å². The third kappa shape index (κ3) is 8.77. The summed E-state index contributed by atoms with van der Waals surface area (Å²) in [4.78, 5) is 65.1. The fourth-order valence-corrected chi connectivity index (χ4v) is 13.1. The van der Waals surface area contributed by atoms with E-state index in [-0.39, 0.29) is 27.6 Å². The maximum atomic E-state index is 15.6. The van der Waals surface area contributed by atoms with Gasteiger partial charge in [-0.3, -0.25) is 4.79 Å². The van der Waals surface area contributed by atoms with E-state index >= 15 is 8.78 Å². The molecular weight excluding hydrogens is 1190 g/mol. The topological polar surface area (TPSA) is 227 Å². The van der Waals surface area contributed by atoms with Crippen molar-refractivity contribution in [3.05, 3.63) is 74.8 Å². The molecule has 5 aliphatic carbocycles. The van der Waals surface area contributed by atoms with Crippen LogP contribution in [0.3, 0.4) is 0 Å². The molecule has 4 fully saturated rings. The van der Waals surface area contributed by atoms with E-state index in [1.165, 1.54) is 30.5 Å². The van der Waals surface area contributed by atoms with Crippen molar-refractivity contribution in [1.29, 1.82) is 0 Å². The van der Waals surface area contributed by atoms with E-state index in [9.17, 15) is 58.3 Å².